The summed E-state index contributed by atoms with van der Waals surface area (Å²) in [6, 6.07) is 1.23. The van der Waals surface area contributed by atoms with Gasteiger partial charge >= 0.3 is 12.1 Å². The zero-order valence-corrected chi connectivity index (χ0v) is 28.8. The van der Waals surface area contributed by atoms with Crippen LogP contribution in [0.1, 0.15) is 66.8 Å². The van der Waals surface area contributed by atoms with E-state index < -0.39 is 35.1 Å². The zero-order valence-electron chi connectivity index (χ0n) is 26.4. The molecule has 0 spiro atoms. The van der Waals surface area contributed by atoms with Crippen LogP contribution in [0.3, 0.4) is 0 Å². The fourth-order valence-electron chi connectivity index (χ4n) is 5.74. The Morgan fingerprint density at radius 2 is 1.77 bits per heavy atom. The monoisotopic (exact) mass is 695 g/mol. The maximum atomic E-state index is 15.7. The number of anilines is 1. The number of carbonyl (C=O) groups is 2. The molecule has 0 radical (unpaired) electrons. The van der Waals surface area contributed by atoms with E-state index in [9.17, 15) is 9.59 Å². The summed E-state index contributed by atoms with van der Waals surface area (Å²) in [6.45, 7) is 12.6. The molecule has 1 aromatic carbocycles. The van der Waals surface area contributed by atoms with Crippen molar-refractivity contribution in [2.45, 2.75) is 90.1 Å². The Kier molecular flexibility index (Phi) is 8.80. The van der Waals surface area contributed by atoms with Crippen molar-refractivity contribution in [2.75, 3.05) is 38.6 Å². The van der Waals surface area contributed by atoms with Gasteiger partial charge in [-0.25, -0.2) is 18.9 Å². The van der Waals surface area contributed by atoms with Crippen molar-refractivity contribution in [2.24, 2.45) is 0 Å². The molecule has 2 atom stereocenters. The van der Waals surface area contributed by atoms with Crippen LogP contribution in [0.15, 0.2) is 10.5 Å². The molecule has 0 N–H and O–H groups in total. The molecule has 0 bridgehead atoms. The highest BCUT2D eigenvalue weighted by molar-refractivity contribution is 9.10. The first-order chi connectivity index (χ1) is 20.4. The molecule has 2 saturated heterocycles. The molecule has 1 amide bonds. The van der Waals surface area contributed by atoms with Crippen LogP contribution in [0.5, 0.6) is 0 Å². The number of nitrogens with zero attached hydrogens (tertiary/aromatic N) is 7. The molecule has 44 heavy (non-hydrogen) atoms. The van der Waals surface area contributed by atoms with Gasteiger partial charge in [0.2, 0.25) is 0 Å². The Labute approximate surface area is 270 Å². The first-order valence-electron chi connectivity index (χ1n) is 14.8. The molecule has 2 aromatic heterocycles. The minimum atomic E-state index is -0.700. The van der Waals surface area contributed by atoms with E-state index in [2.05, 4.69) is 36.0 Å². The molecule has 14 heteroatoms. The molecule has 2 fully saturated rings. The number of hydrogen-bond acceptors (Lipinski definition) is 9. The van der Waals surface area contributed by atoms with E-state index in [1.807, 2.05) is 14.1 Å². The topological polar surface area (TPSA) is 106 Å². The van der Waals surface area contributed by atoms with E-state index in [-0.39, 0.29) is 27.5 Å². The lowest BCUT2D eigenvalue weighted by Gasteiger charge is -2.43. The number of likely N-dealkylation sites (N-methyl/N-ethyl adjacent to an activating group) is 1. The lowest BCUT2D eigenvalue weighted by Crippen LogP contribution is -2.57. The van der Waals surface area contributed by atoms with Crippen LogP contribution in [0.2, 0.25) is 5.02 Å². The number of esters is 1. The van der Waals surface area contributed by atoms with Crippen LogP contribution in [0.25, 0.3) is 21.9 Å². The summed E-state index contributed by atoms with van der Waals surface area (Å²) in [5.74, 6) is -0.416. The second-order valence-electron chi connectivity index (χ2n) is 13.9. The third-order valence-electron chi connectivity index (χ3n) is 7.89. The molecule has 240 valence electrons. The van der Waals surface area contributed by atoms with Crippen LogP contribution in [0, 0.1) is 5.82 Å². The lowest BCUT2D eigenvalue weighted by molar-refractivity contribution is -0.156. The first kappa shape index (κ1) is 32.6. The Balaban J connectivity index is 1.56. The van der Waals surface area contributed by atoms with Gasteiger partial charge in [-0.1, -0.05) is 16.8 Å². The maximum absolute atomic E-state index is 15.7. The normalized spacial score (nSPS) is 20.0. The summed E-state index contributed by atoms with van der Waals surface area (Å²) in [5.41, 5.74) is -0.0532. The number of piperidine rings is 1. The number of aromatic nitrogens is 4. The van der Waals surface area contributed by atoms with E-state index in [1.54, 1.807) is 57.2 Å². The van der Waals surface area contributed by atoms with Gasteiger partial charge in [-0.15, -0.1) is 5.10 Å². The third-order valence-corrected chi connectivity index (χ3v) is 9.19. The number of rotatable bonds is 5. The number of benzene rings is 1. The minimum absolute atomic E-state index is 0.0136. The third kappa shape index (κ3) is 6.60. The van der Waals surface area contributed by atoms with Gasteiger partial charge in [0.25, 0.3) is 0 Å². The fourth-order valence-corrected chi connectivity index (χ4v) is 6.24. The van der Waals surface area contributed by atoms with Crippen molar-refractivity contribution < 1.29 is 23.5 Å². The Bertz CT molecular complexity index is 1600. The van der Waals surface area contributed by atoms with Crippen LogP contribution in [0.4, 0.5) is 15.0 Å². The van der Waals surface area contributed by atoms with Crippen molar-refractivity contribution in [3.8, 4) is 0 Å². The van der Waals surface area contributed by atoms with Crippen molar-refractivity contribution in [1.82, 2.24) is 29.8 Å². The number of carbonyl (C=O) groups excluding carboxylic acids is 2. The molecule has 2 aliphatic heterocycles. The number of amides is 1. The SMILES string of the molecule is CN(C)C1CN(c2nc3c(F)c(Br)c(Cl)cc3c3c2nnn3[C@H]2CCN(C(=O)OC(C)(C)C)[C@H](CC(=O)OC(C)(C)C)C2)C1. The Morgan fingerprint density at radius 1 is 1.11 bits per heavy atom. The number of ether oxygens (including phenoxy) is 2. The second-order valence-corrected chi connectivity index (χ2v) is 15.1. The highest BCUT2D eigenvalue weighted by Crippen LogP contribution is 2.41. The molecule has 5 rings (SSSR count). The number of fused-ring (bicyclic) bond motifs is 3. The predicted octanol–water partition coefficient (Wildman–Crippen LogP) is 5.96. The molecule has 4 heterocycles. The van der Waals surface area contributed by atoms with E-state index in [0.29, 0.717) is 47.7 Å². The first-order valence-corrected chi connectivity index (χ1v) is 16.0. The molecule has 0 aliphatic carbocycles. The van der Waals surface area contributed by atoms with Gasteiger partial charge in [-0.2, -0.15) is 0 Å². The number of likely N-dealkylation sites (tertiary alicyclic amines) is 1. The molecule has 0 saturated carbocycles. The summed E-state index contributed by atoms with van der Waals surface area (Å²) in [7, 11) is 4.05. The smallest absolute Gasteiger partial charge is 0.410 e. The summed E-state index contributed by atoms with van der Waals surface area (Å²) < 4.78 is 28.9. The van der Waals surface area contributed by atoms with Crippen molar-refractivity contribution in [3.05, 3.63) is 21.4 Å². The summed E-state index contributed by atoms with van der Waals surface area (Å²) in [5, 5.41) is 9.82. The summed E-state index contributed by atoms with van der Waals surface area (Å²) in [6.07, 6.45) is 0.396. The highest BCUT2D eigenvalue weighted by atomic mass is 79.9. The zero-order chi connectivity index (χ0) is 32.3. The molecule has 11 nitrogen and oxygen atoms in total. The summed E-state index contributed by atoms with van der Waals surface area (Å²) in [4.78, 5) is 36.8. The molecular formula is C30H40BrClFN7O4. The van der Waals surface area contributed by atoms with E-state index in [0.717, 1.165) is 13.1 Å². The van der Waals surface area contributed by atoms with Gasteiger partial charge in [-0.3, -0.25) is 4.79 Å². The quantitative estimate of drug-likeness (QED) is 0.236. The second kappa shape index (κ2) is 11.9. The fraction of sp³-hybridized carbons (Fsp3) is 0.633. The van der Waals surface area contributed by atoms with Crippen molar-refractivity contribution in [3.63, 3.8) is 0 Å². The largest absolute Gasteiger partial charge is 0.460 e. The van der Waals surface area contributed by atoms with Crippen LogP contribution in [-0.2, 0) is 14.3 Å². The Morgan fingerprint density at radius 3 is 2.39 bits per heavy atom. The average molecular weight is 697 g/mol. The molecule has 2 aliphatic rings. The highest BCUT2D eigenvalue weighted by Gasteiger charge is 2.39. The molecule has 3 aromatic rings. The van der Waals surface area contributed by atoms with Gasteiger partial charge in [-0.05, 0) is 90.5 Å². The van der Waals surface area contributed by atoms with Gasteiger partial charge in [0, 0.05) is 37.1 Å². The number of halogens is 3. The van der Waals surface area contributed by atoms with Crippen molar-refractivity contribution >= 4 is 67.3 Å². The van der Waals surface area contributed by atoms with Gasteiger partial charge in [0.1, 0.15) is 22.2 Å². The summed E-state index contributed by atoms with van der Waals surface area (Å²) >= 11 is 9.71. The number of hydrogen-bond donors (Lipinski definition) is 0. The Hall–Kier alpha value is -2.77. The van der Waals surface area contributed by atoms with Gasteiger partial charge < -0.3 is 24.2 Å². The average Bonchev–Trinajstić information content (AvgIpc) is 3.30. The van der Waals surface area contributed by atoms with E-state index in [4.69, 9.17) is 26.1 Å². The van der Waals surface area contributed by atoms with Crippen LogP contribution < -0.4 is 4.90 Å². The van der Waals surface area contributed by atoms with Crippen LogP contribution >= 0.6 is 27.5 Å². The van der Waals surface area contributed by atoms with E-state index >= 15 is 4.39 Å². The molecular weight excluding hydrogens is 657 g/mol. The number of pyridine rings is 1. The van der Waals surface area contributed by atoms with Gasteiger partial charge in [0.05, 0.1) is 22.0 Å². The van der Waals surface area contributed by atoms with E-state index in [1.165, 1.54) is 0 Å². The minimum Gasteiger partial charge on any atom is -0.460 e. The standard InChI is InChI=1S/C30H40BrClFN7O4/c1-29(2,3)43-21(41)12-17-11-16(9-10-39(17)28(42)44-30(4,5)6)40-26-19-13-20(32)22(31)23(33)24(19)34-27(25(26)35-36-40)38-14-18(15-38)37(7)8/h13,16-18H,9-12,14-15H2,1-8H3/t16-,17-/m0/s1. The molecule has 0 unspecified atom stereocenters. The van der Waals surface area contributed by atoms with Crippen molar-refractivity contribution in [1.29, 1.82) is 0 Å². The van der Waals surface area contributed by atoms with Gasteiger partial charge in [0.15, 0.2) is 17.2 Å². The van der Waals surface area contributed by atoms with Crippen LogP contribution in [-0.4, -0.2) is 98.9 Å². The predicted molar refractivity (Wildman–Crippen MR) is 171 cm³/mol. The maximum Gasteiger partial charge on any atom is 0.410 e. The lowest BCUT2D eigenvalue weighted by atomic mass is 9.94.